The third-order valence-electron chi connectivity index (χ3n) is 3.96. The molecule has 2 aromatic carbocycles. The monoisotopic (exact) mass is 407 g/mol. The summed E-state index contributed by atoms with van der Waals surface area (Å²) in [7, 11) is 4.34. The number of ether oxygens (including phenoxy) is 4. The number of nitrogens with one attached hydrogen (secondary N) is 1. The van der Waals surface area contributed by atoms with Gasteiger partial charge in [0.2, 0.25) is 0 Å². The van der Waals surface area contributed by atoms with Crippen LogP contribution in [0, 0.1) is 0 Å². The molecule has 8 heteroatoms. The van der Waals surface area contributed by atoms with E-state index in [0.717, 1.165) is 5.56 Å². The fourth-order valence-electron chi connectivity index (χ4n) is 2.40. The summed E-state index contributed by atoms with van der Waals surface area (Å²) in [6.07, 6.45) is -1.00. The Morgan fingerprint density at radius 1 is 0.964 bits per heavy atom. The fourth-order valence-corrected chi connectivity index (χ4v) is 2.53. The molecule has 1 unspecified atom stereocenters. The maximum atomic E-state index is 12.5. The Bertz CT molecular complexity index is 837. The van der Waals surface area contributed by atoms with Crippen LogP contribution in [0.1, 0.15) is 22.8 Å². The normalized spacial score (nSPS) is 11.3. The molecule has 0 aromatic heterocycles. The largest absolute Gasteiger partial charge is 0.496 e. The summed E-state index contributed by atoms with van der Waals surface area (Å²) in [6.45, 7) is 1.78. The second-order valence-corrected chi connectivity index (χ2v) is 6.24. The Balaban J connectivity index is 2.04. The lowest BCUT2D eigenvalue weighted by Gasteiger charge is -2.16. The number of esters is 1. The lowest BCUT2D eigenvalue weighted by atomic mass is 10.1. The van der Waals surface area contributed by atoms with Crippen LogP contribution in [0.3, 0.4) is 0 Å². The van der Waals surface area contributed by atoms with Crippen LogP contribution in [-0.4, -0.2) is 39.3 Å². The molecule has 0 aliphatic heterocycles. The molecule has 1 N–H and O–H groups in total. The molecule has 0 heterocycles. The van der Waals surface area contributed by atoms with E-state index < -0.39 is 18.0 Å². The van der Waals surface area contributed by atoms with E-state index in [9.17, 15) is 9.59 Å². The van der Waals surface area contributed by atoms with Crippen LogP contribution in [-0.2, 0) is 16.1 Å². The number of benzene rings is 2. The Kier molecular flexibility index (Phi) is 7.52. The van der Waals surface area contributed by atoms with Crippen LogP contribution < -0.4 is 19.5 Å². The van der Waals surface area contributed by atoms with Crippen LogP contribution in [0.15, 0.2) is 36.4 Å². The van der Waals surface area contributed by atoms with Crippen LogP contribution in [0.5, 0.6) is 17.2 Å². The minimum atomic E-state index is -1.00. The lowest BCUT2D eigenvalue weighted by molar-refractivity contribution is -0.129. The van der Waals surface area contributed by atoms with Crippen LogP contribution in [0.2, 0.25) is 5.02 Å². The third kappa shape index (κ3) is 5.29. The van der Waals surface area contributed by atoms with E-state index in [0.29, 0.717) is 16.5 Å². The Morgan fingerprint density at radius 2 is 1.54 bits per heavy atom. The number of carbonyl (C=O) groups excluding carboxylic acids is 2. The molecule has 0 aliphatic rings. The van der Waals surface area contributed by atoms with Gasteiger partial charge in [0.05, 0.1) is 21.3 Å². The maximum absolute atomic E-state index is 12.5. The zero-order valence-electron chi connectivity index (χ0n) is 16.1. The van der Waals surface area contributed by atoms with Crippen molar-refractivity contribution in [3.63, 3.8) is 0 Å². The van der Waals surface area contributed by atoms with Gasteiger partial charge in [-0.2, -0.15) is 0 Å². The maximum Gasteiger partial charge on any atom is 0.342 e. The van der Waals surface area contributed by atoms with Gasteiger partial charge in [-0.3, -0.25) is 4.79 Å². The highest BCUT2D eigenvalue weighted by Gasteiger charge is 2.23. The minimum Gasteiger partial charge on any atom is -0.496 e. The summed E-state index contributed by atoms with van der Waals surface area (Å²) in [4.78, 5) is 24.8. The second kappa shape index (κ2) is 9.85. The number of methoxy groups -OCH3 is 3. The standard InChI is InChI=1S/C20H22ClNO6/c1-12(19(23)22-11-13-5-7-14(21)8-6-13)28-20(24)15-9-17(26-3)18(27-4)10-16(15)25-2/h5-10,12H,11H2,1-4H3,(H,22,23). The van der Waals surface area contributed by atoms with E-state index in [-0.39, 0.29) is 17.9 Å². The van der Waals surface area contributed by atoms with Gasteiger partial charge in [-0.1, -0.05) is 23.7 Å². The van der Waals surface area contributed by atoms with Crippen molar-refractivity contribution in [3.05, 3.63) is 52.5 Å². The molecule has 150 valence electrons. The van der Waals surface area contributed by atoms with Crippen molar-refractivity contribution in [2.45, 2.75) is 19.6 Å². The summed E-state index contributed by atoms with van der Waals surface area (Å²) in [5, 5.41) is 3.32. The molecule has 0 fully saturated rings. The summed E-state index contributed by atoms with van der Waals surface area (Å²) in [6, 6.07) is 10.0. The van der Waals surface area contributed by atoms with E-state index in [4.69, 9.17) is 30.5 Å². The van der Waals surface area contributed by atoms with Crippen LogP contribution >= 0.6 is 11.6 Å². The summed E-state index contributed by atoms with van der Waals surface area (Å²) >= 11 is 5.83. The fraction of sp³-hybridized carbons (Fsp3) is 0.300. The zero-order chi connectivity index (χ0) is 20.7. The number of carbonyl (C=O) groups is 2. The van der Waals surface area contributed by atoms with Gasteiger partial charge < -0.3 is 24.3 Å². The first kappa shape index (κ1) is 21.4. The molecule has 0 radical (unpaired) electrons. The SMILES string of the molecule is COc1cc(OC)c(C(=O)OC(C)C(=O)NCc2ccc(Cl)cc2)cc1OC. The molecule has 1 atom stereocenters. The highest BCUT2D eigenvalue weighted by Crippen LogP contribution is 2.35. The van der Waals surface area contributed by atoms with Gasteiger partial charge in [0.1, 0.15) is 11.3 Å². The molecule has 0 bridgehead atoms. The molecule has 2 rings (SSSR count). The highest BCUT2D eigenvalue weighted by atomic mass is 35.5. The summed E-state index contributed by atoms with van der Waals surface area (Å²) < 4.78 is 20.9. The van der Waals surface area contributed by atoms with Crippen molar-refractivity contribution >= 4 is 23.5 Å². The number of halogens is 1. The molecule has 0 saturated heterocycles. The quantitative estimate of drug-likeness (QED) is 0.676. The van der Waals surface area contributed by atoms with E-state index in [2.05, 4.69) is 5.32 Å². The van der Waals surface area contributed by atoms with Gasteiger partial charge in [0.15, 0.2) is 17.6 Å². The van der Waals surface area contributed by atoms with Gasteiger partial charge in [-0.05, 0) is 24.6 Å². The first-order valence-electron chi connectivity index (χ1n) is 8.42. The molecular formula is C20H22ClNO6. The van der Waals surface area contributed by atoms with Crippen molar-refractivity contribution in [1.29, 1.82) is 0 Å². The first-order chi connectivity index (χ1) is 13.4. The van der Waals surface area contributed by atoms with E-state index >= 15 is 0 Å². The molecule has 28 heavy (non-hydrogen) atoms. The van der Waals surface area contributed by atoms with E-state index in [1.54, 1.807) is 24.3 Å². The predicted octanol–water partition coefficient (Wildman–Crippen LogP) is 3.23. The zero-order valence-corrected chi connectivity index (χ0v) is 16.8. The van der Waals surface area contributed by atoms with Gasteiger partial charge in [0.25, 0.3) is 5.91 Å². The molecule has 1 amide bonds. The molecule has 2 aromatic rings. The lowest BCUT2D eigenvalue weighted by Crippen LogP contribution is -2.35. The van der Waals surface area contributed by atoms with Crippen molar-refractivity contribution in [2.24, 2.45) is 0 Å². The van der Waals surface area contributed by atoms with E-state index in [1.165, 1.54) is 40.4 Å². The minimum absolute atomic E-state index is 0.123. The van der Waals surface area contributed by atoms with Gasteiger partial charge in [-0.25, -0.2) is 4.79 Å². The molecule has 0 saturated carbocycles. The third-order valence-corrected chi connectivity index (χ3v) is 4.21. The number of rotatable bonds is 8. The summed E-state index contributed by atoms with van der Waals surface area (Å²) in [5.74, 6) is -0.147. The Labute approximate surface area is 168 Å². The van der Waals surface area contributed by atoms with Crippen molar-refractivity contribution in [1.82, 2.24) is 5.32 Å². The first-order valence-corrected chi connectivity index (χ1v) is 8.80. The van der Waals surface area contributed by atoms with Crippen molar-refractivity contribution in [2.75, 3.05) is 21.3 Å². The van der Waals surface area contributed by atoms with Crippen molar-refractivity contribution < 1.29 is 28.5 Å². The van der Waals surface area contributed by atoms with Crippen molar-refractivity contribution in [3.8, 4) is 17.2 Å². The second-order valence-electron chi connectivity index (χ2n) is 5.80. The van der Waals surface area contributed by atoms with Crippen LogP contribution in [0.25, 0.3) is 0 Å². The average Bonchev–Trinajstić information content (AvgIpc) is 2.71. The topological polar surface area (TPSA) is 83.1 Å². The smallest absolute Gasteiger partial charge is 0.342 e. The highest BCUT2D eigenvalue weighted by molar-refractivity contribution is 6.30. The molecule has 7 nitrogen and oxygen atoms in total. The van der Waals surface area contributed by atoms with E-state index in [1.807, 2.05) is 0 Å². The van der Waals surface area contributed by atoms with Gasteiger partial charge in [-0.15, -0.1) is 0 Å². The number of amides is 1. The Hall–Kier alpha value is -2.93. The molecule has 0 spiro atoms. The molecule has 0 aliphatic carbocycles. The summed E-state index contributed by atoms with van der Waals surface area (Å²) in [5.41, 5.74) is 0.996. The number of hydrogen-bond donors (Lipinski definition) is 1. The number of hydrogen-bond acceptors (Lipinski definition) is 6. The average molecular weight is 408 g/mol. The predicted molar refractivity (Wildman–Crippen MR) is 104 cm³/mol. The Morgan fingerprint density at radius 3 is 2.11 bits per heavy atom. The van der Waals surface area contributed by atoms with Gasteiger partial charge >= 0.3 is 5.97 Å². The molecular weight excluding hydrogens is 386 g/mol. The van der Waals surface area contributed by atoms with Gasteiger partial charge in [0, 0.05) is 23.7 Å². The van der Waals surface area contributed by atoms with Crippen LogP contribution in [0.4, 0.5) is 0 Å².